The number of hydrogen-bond acceptors (Lipinski definition) is 2. The molecule has 1 aromatic carbocycles. The van der Waals surface area contributed by atoms with Crippen molar-refractivity contribution in [1.29, 1.82) is 0 Å². The zero-order valence-corrected chi connectivity index (χ0v) is 12.5. The molecule has 1 amide bonds. The summed E-state index contributed by atoms with van der Waals surface area (Å²) in [7, 11) is 0. The maximum atomic E-state index is 11.7. The van der Waals surface area contributed by atoms with Crippen molar-refractivity contribution >= 4 is 5.91 Å². The first-order valence-electron chi connectivity index (χ1n) is 6.86. The third-order valence-corrected chi connectivity index (χ3v) is 2.60. The van der Waals surface area contributed by atoms with Crippen LogP contribution in [0, 0.1) is 17.3 Å². The first-order valence-corrected chi connectivity index (χ1v) is 6.86. The maximum absolute atomic E-state index is 11.7. The molecule has 0 atom stereocenters. The first-order chi connectivity index (χ1) is 9.40. The average Bonchev–Trinajstić information content (AvgIpc) is 2.36. The van der Waals surface area contributed by atoms with Crippen molar-refractivity contribution < 1.29 is 9.90 Å². The SMILES string of the molecule is CC(C)(C)CC(=O)NCc1ccc(C#CCCO)cc1. The van der Waals surface area contributed by atoms with E-state index in [1.54, 1.807) is 0 Å². The monoisotopic (exact) mass is 273 g/mol. The van der Waals surface area contributed by atoms with Gasteiger partial charge in [-0.2, -0.15) is 0 Å². The van der Waals surface area contributed by atoms with E-state index in [1.807, 2.05) is 45.0 Å². The van der Waals surface area contributed by atoms with Gasteiger partial charge in [-0.1, -0.05) is 44.7 Å². The number of aliphatic hydroxyl groups is 1. The van der Waals surface area contributed by atoms with Crippen LogP contribution in [0.5, 0.6) is 0 Å². The van der Waals surface area contributed by atoms with Gasteiger partial charge in [0.1, 0.15) is 0 Å². The topological polar surface area (TPSA) is 49.3 Å². The van der Waals surface area contributed by atoms with E-state index in [1.165, 1.54) is 0 Å². The maximum Gasteiger partial charge on any atom is 0.220 e. The number of benzene rings is 1. The Kier molecular flexibility index (Phi) is 6.27. The Labute approximate surface area is 121 Å². The van der Waals surface area contributed by atoms with E-state index >= 15 is 0 Å². The van der Waals surface area contributed by atoms with Crippen molar-refractivity contribution in [2.75, 3.05) is 6.61 Å². The van der Waals surface area contributed by atoms with E-state index in [0.717, 1.165) is 11.1 Å². The summed E-state index contributed by atoms with van der Waals surface area (Å²) in [4.78, 5) is 11.7. The molecule has 108 valence electrons. The first kappa shape index (κ1) is 16.3. The van der Waals surface area contributed by atoms with Gasteiger partial charge in [0.2, 0.25) is 5.91 Å². The Hall–Kier alpha value is -1.79. The van der Waals surface area contributed by atoms with Crippen LogP contribution in [0.15, 0.2) is 24.3 Å². The molecule has 0 saturated heterocycles. The van der Waals surface area contributed by atoms with Crippen LogP contribution >= 0.6 is 0 Å². The molecule has 0 unspecified atom stereocenters. The highest BCUT2D eigenvalue weighted by Gasteiger charge is 2.15. The summed E-state index contributed by atoms with van der Waals surface area (Å²) in [5, 5.41) is 11.6. The summed E-state index contributed by atoms with van der Waals surface area (Å²) in [5.41, 5.74) is 1.99. The van der Waals surface area contributed by atoms with Crippen LogP contribution in [0.25, 0.3) is 0 Å². The van der Waals surface area contributed by atoms with Gasteiger partial charge in [-0.05, 0) is 23.1 Å². The van der Waals surface area contributed by atoms with E-state index in [-0.39, 0.29) is 17.9 Å². The Balaban J connectivity index is 2.46. The lowest BCUT2D eigenvalue weighted by Gasteiger charge is -2.17. The van der Waals surface area contributed by atoms with Gasteiger partial charge in [-0.25, -0.2) is 0 Å². The lowest BCUT2D eigenvalue weighted by atomic mass is 9.92. The summed E-state index contributed by atoms with van der Waals surface area (Å²) < 4.78 is 0. The Bertz CT molecular complexity index is 486. The molecule has 1 aromatic rings. The highest BCUT2D eigenvalue weighted by Crippen LogP contribution is 2.17. The number of aliphatic hydroxyl groups excluding tert-OH is 1. The fourth-order valence-electron chi connectivity index (χ4n) is 1.67. The van der Waals surface area contributed by atoms with Crippen LogP contribution in [0.2, 0.25) is 0 Å². The predicted molar refractivity (Wildman–Crippen MR) is 80.9 cm³/mol. The van der Waals surface area contributed by atoms with Gasteiger partial charge in [0.15, 0.2) is 0 Å². The molecule has 0 aliphatic rings. The van der Waals surface area contributed by atoms with Gasteiger partial charge >= 0.3 is 0 Å². The van der Waals surface area contributed by atoms with E-state index in [0.29, 0.717) is 19.4 Å². The second-order valence-electron chi connectivity index (χ2n) is 5.99. The third-order valence-electron chi connectivity index (χ3n) is 2.60. The van der Waals surface area contributed by atoms with Crippen LogP contribution in [0.1, 0.15) is 44.7 Å². The molecular formula is C17H23NO2. The van der Waals surface area contributed by atoms with Gasteiger partial charge in [0, 0.05) is 24.9 Å². The van der Waals surface area contributed by atoms with Crippen molar-refractivity contribution in [3.05, 3.63) is 35.4 Å². The molecule has 0 heterocycles. The zero-order valence-electron chi connectivity index (χ0n) is 12.5. The largest absolute Gasteiger partial charge is 0.395 e. The molecule has 2 N–H and O–H groups in total. The molecule has 0 aromatic heterocycles. The Morgan fingerprint density at radius 2 is 1.90 bits per heavy atom. The number of amides is 1. The zero-order chi connectivity index (χ0) is 15.0. The molecule has 0 saturated carbocycles. The number of hydrogen-bond donors (Lipinski definition) is 2. The summed E-state index contributed by atoms with van der Waals surface area (Å²) in [6.07, 6.45) is 1.02. The van der Waals surface area contributed by atoms with Crippen molar-refractivity contribution in [2.24, 2.45) is 5.41 Å². The van der Waals surface area contributed by atoms with Gasteiger partial charge in [-0.15, -0.1) is 0 Å². The van der Waals surface area contributed by atoms with Gasteiger partial charge in [0.05, 0.1) is 6.61 Å². The summed E-state index contributed by atoms with van der Waals surface area (Å²) in [5.74, 6) is 5.92. The number of nitrogens with one attached hydrogen (secondary N) is 1. The predicted octanol–water partition coefficient (Wildman–Crippen LogP) is 2.47. The highest BCUT2D eigenvalue weighted by atomic mass is 16.2. The van der Waals surface area contributed by atoms with Crippen LogP contribution in [-0.4, -0.2) is 17.6 Å². The number of rotatable bonds is 4. The fourth-order valence-corrected chi connectivity index (χ4v) is 1.67. The van der Waals surface area contributed by atoms with Crippen molar-refractivity contribution in [3.63, 3.8) is 0 Å². The van der Waals surface area contributed by atoms with E-state index < -0.39 is 0 Å². The lowest BCUT2D eigenvalue weighted by Crippen LogP contribution is -2.27. The van der Waals surface area contributed by atoms with Crippen molar-refractivity contribution in [2.45, 2.75) is 40.2 Å². The van der Waals surface area contributed by atoms with E-state index in [2.05, 4.69) is 17.2 Å². The number of carbonyl (C=O) groups excluding carboxylic acids is 1. The second kappa shape index (κ2) is 7.72. The molecule has 20 heavy (non-hydrogen) atoms. The standard InChI is InChI=1S/C17H23NO2/c1-17(2,3)12-16(20)18-13-15-9-7-14(8-10-15)6-4-5-11-19/h7-10,19H,5,11-13H2,1-3H3,(H,18,20). The molecule has 1 rings (SSSR count). The van der Waals surface area contributed by atoms with Crippen LogP contribution in [-0.2, 0) is 11.3 Å². The van der Waals surface area contributed by atoms with Crippen molar-refractivity contribution in [3.8, 4) is 11.8 Å². The summed E-state index contributed by atoms with van der Waals surface area (Å²) >= 11 is 0. The number of carbonyl (C=O) groups is 1. The molecule has 3 heteroatoms. The average molecular weight is 273 g/mol. The molecule has 0 spiro atoms. The molecule has 0 bridgehead atoms. The lowest BCUT2D eigenvalue weighted by molar-refractivity contribution is -0.122. The third kappa shape index (κ3) is 6.96. The Morgan fingerprint density at radius 3 is 2.45 bits per heavy atom. The molecular weight excluding hydrogens is 250 g/mol. The molecule has 0 fully saturated rings. The summed E-state index contributed by atoms with van der Waals surface area (Å²) in [6, 6.07) is 7.77. The van der Waals surface area contributed by atoms with Gasteiger partial charge in [-0.3, -0.25) is 4.79 Å². The minimum absolute atomic E-state index is 0.0102. The fraction of sp³-hybridized carbons (Fsp3) is 0.471. The van der Waals surface area contributed by atoms with Crippen molar-refractivity contribution in [1.82, 2.24) is 5.32 Å². The smallest absolute Gasteiger partial charge is 0.220 e. The minimum atomic E-state index is 0.0102. The quantitative estimate of drug-likeness (QED) is 0.828. The summed E-state index contributed by atoms with van der Waals surface area (Å²) in [6.45, 7) is 6.77. The van der Waals surface area contributed by atoms with Crippen LogP contribution in [0.4, 0.5) is 0 Å². The molecule has 0 aliphatic heterocycles. The minimum Gasteiger partial charge on any atom is -0.395 e. The van der Waals surface area contributed by atoms with Gasteiger partial charge in [0.25, 0.3) is 0 Å². The molecule has 0 aliphatic carbocycles. The van der Waals surface area contributed by atoms with E-state index in [9.17, 15) is 4.79 Å². The Morgan fingerprint density at radius 1 is 1.25 bits per heavy atom. The second-order valence-corrected chi connectivity index (χ2v) is 5.99. The normalized spacial score (nSPS) is 10.6. The van der Waals surface area contributed by atoms with E-state index in [4.69, 9.17) is 5.11 Å². The van der Waals surface area contributed by atoms with Gasteiger partial charge < -0.3 is 10.4 Å². The highest BCUT2D eigenvalue weighted by molar-refractivity contribution is 5.76. The molecule has 3 nitrogen and oxygen atoms in total. The molecule has 0 radical (unpaired) electrons. The van der Waals surface area contributed by atoms with Crippen LogP contribution < -0.4 is 5.32 Å². The van der Waals surface area contributed by atoms with Crippen LogP contribution in [0.3, 0.4) is 0 Å².